The van der Waals surface area contributed by atoms with Crippen LogP contribution in [0.5, 0.6) is 0 Å². The van der Waals surface area contributed by atoms with Crippen molar-refractivity contribution < 1.29 is 0 Å². The smallest absolute Gasteiger partial charge is 0.0965 e. The van der Waals surface area contributed by atoms with Crippen molar-refractivity contribution in [3.63, 3.8) is 0 Å². The maximum atomic E-state index is 4.41. The summed E-state index contributed by atoms with van der Waals surface area (Å²) in [4.78, 5) is 4.41. The molecule has 1 heterocycles. The summed E-state index contributed by atoms with van der Waals surface area (Å²) in [6.07, 6.45) is 4.93. The fourth-order valence-electron chi connectivity index (χ4n) is 1.77. The van der Waals surface area contributed by atoms with Gasteiger partial charge in [0.15, 0.2) is 0 Å². The molecule has 0 aromatic rings. The van der Waals surface area contributed by atoms with Crippen LogP contribution in [-0.4, -0.2) is 18.4 Å². The van der Waals surface area contributed by atoms with Gasteiger partial charge in [-0.1, -0.05) is 20.3 Å². The van der Waals surface area contributed by atoms with Gasteiger partial charge in [0.2, 0.25) is 0 Å². The van der Waals surface area contributed by atoms with Crippen molar-refractivity contribution in [3.05, 3.63) is 0 Å². The van der Waals surface area contributed by atoms with Gasteiger partial charge in [-0.25, -0.2) is 0 Å². The zero-order chi connectivity index (χ0) is 9.68. The van der Waals surface area contributed by atoms with Gasteiger partial charge in [0.25, 0.3) is 0 Å². The van der Waals surface area contributed by atoms with Crippen LogP contribution in [0.1, 0.15) is 46.5 Å². The standard InChI is InChI=1S/C11H22N2/c1-4-9(2)8-10(3)13-11-6-5-7-12-11/h9-10H,4-8H2,1-3H3,(H,12,13). The van der Waals surface area contributed by atoms with Crippen LogP contribution in [0, 0.1) is 5.92 Å². The number of nitrogens with one attached hydrogen (secondary N) is 1. The molecule has 2 nitrogen and oxygen atoms in total. The Hall–Kier alpha value is -0.530. The summed E-state index contributed by atoms with van der Waals surface area (Å²) in [5.41, 5.74) is 0. The number of hydrogen-bond acceptors (Lipinski definition) is 2. The summed E-state index contributed by atoms with van der Waals surface area (Å²) in [5.74, 6) is 2.06. The molecule has 1 aliphatic rings. The molecule has 1 rings (SSSR count). The SMILES string of the molecule is CCC(C)CC(C)NC1=NCCC1. The second-order valence-electron chi connectivity index (χ2n) is 4.23. The van der Waals surface area contributed by atoms with E-state index >= 15 is 0 Å². The van der Waals surface area contributed by atoms with E-state index in [0.717, 1.165) is 18.9 Å². The van der Waals surface area contributed by atoms with Crippen LogP contribution in [0.4, 0.5) is 0 Å². The third kappa shape index (κ3) is 3.79. The molecule has 0 bridgehead atoms. The Bertz CT molecular complexity index is 175. The molecule has 0 saturated carbocycles. The topological polar surface area (TPSA) is 24.4 Å². The normalized spacial score (nSPS) is 21.0. The number of hydrogen-bond donors (Lipinski definition) is 1. The first kappa shape index (κ1) is 10.6. The second kappa shape index (κ2) is 5.25. The Kier molecular flexibility index (Phi) is 4.26. The molecule has 1 aliphatic heterocycles. The van der Waals surface area contributed by atoms with E-state index in [1.807, 2.05) is 0 Å². The fourth-order valence-corrected chi connectivity index (χ4v) is 1.77. The van der Waals surface area contributed by atoms with E-state index in [4.69, 9.17) is 0 Å². The fraction of sp³-hybridized carbons (Fsp3) is 0.909. The maximum Gasteiger partial charge on any atom is 0.0965 e. The Balaban J connectivity index is 2.20. The van der Waals surface area contributed by atoms with Gasteiger partial charge in [0.05, 0.1) is 5.84 Å². The highest BCUT2D eigenvalue weighted by molar-refractivity contribution is 5.83. The van der Waals surface area contributed by atoms with E-state index in [2.05, 4.69) is 31.1 Å². The molecule has 13 heavy (non-hydrogen) atoms. The summed E-state index contributed by atoms with van der Waals surface area (Å²) >= 11 is 0. The molecular formula is C11H22N2. The molecule has 2 unspecified atom stereocenters. The maximum absolute atomic E-state index is 4.41. The summed E-state index contributed by atoms with van der Waals surface area (Å²) < 4.78 is 0. The Morgan fingerprint density at radius 2 is 2.23 bits per heavy atom. The lowest BCUT2D eigenvalue weighted by atomic mass is 10.0. The average Bonchev–Trinajstić information content (AvgIpc) is 2.56. The summed E-state index contributed by atoms with van der Waals surface area (Å²) in [7, 11) is 0. The van der Waals surface area contributed by atoms with Gasteiger partial charge >= 0.3 is 0 Å². The first-order chi connectivity index (χ1) is 6.22. The Morgan fingerprint density at radius 1 is 1.46 bits per heavy atom. The molecule has 0 aromatic heterocycles. The molecule has 0 radical (unpaired) electrons. The molecular weight excluding hydrogens is 160 g/mol. The molecule has 2 heteroatoms. The first-order valence-electron chi connectivity index (χ1n) is 5.52. The van der Waals surface area contributed by atoms with Crippen LogP contribution in [0.3, 0.4) is 0 Å². The molecule has 0 spiro atoms. The minimum absolute atomic E-state index is 0.590. The summed E-state index contributed by atoms with van der Waals surface area (Å²) in [6.45, 7) is 7.85. The predicted molar refractivity (Wildman–Crippen MR) is 58.2 cm³/mol. The number of aliphatic imine (C=N–C) groups is 1. The summed E-state index contributed by atoms with van der Waals surface area (Å²) in [5, 5.41) is 3.49. The highest BCUT2D eigenvalue weighted by atomic mass is 15.0. The number of rotatable bonds is 4. The molecule has 2 atom stereocenters. The monoisotopic (exact) mass is 182 g/mol. The number of nitrogens with zero attached hydrogens (tertiary/aromatic N) is 1. The van der Waals surface area contributed by atoms with E-state index in [9.17, 15) is 0 Å². The van der Waals surface area contributed by atoms with Crippen LogP contribution in [0.15, 0.2) is 4.99 Å². The van der Waals surface area contributed by atoms with Crippen LogP contribution < -0.4 is 5.32 Å². The molecule has 0 aromatic carbocycles. The van der Waals surface area contributed by atoms with Gasteiger partial charge < -0.3 is 5.32 Å². The minimum atomic E-state index is 0.590. The van der Waals surface area contributed by atoms with Crippen molar-refractivity contribution in [3.8, 4) is 0 Å². The molecule has 1 N–H and O–H groups in total. The van der Waals surface area contributed by atoms with Crippen molar-refractivity contribution in [2.75, 3.05) is 6.54 Å². The Morgan fingerprint density at radius 3 is 2.77 bits per heavy atom. The van der Waals surface area contributed by atoms with E-state index in [0.29, 0.717) is 6.04 Å². The molecule has 0 fully saturated rings. The largest absolute Gasteiger partial charge is 0.371 e. The quantitative estimate of drug-likeness (QED) is 0.710. The second-order valence-corrected chi connectivity index (χ2v) is 4.23. The predicted octanol–water partition coefficient (Wildman–Crippen LogP) is 2.59. The van der Waals surface area contributed by atoms with Gasteiger partial charge in [-0.05, 0) is 25.7 Å². The van der Waals surface area contributed by atoms with E-state index in [1.54, 1.807) is 0 Å². The third-order valence-electron chi connectivity index (χ3n) is 2.74. The van der Waals surface area contributed by atoms with Gasteiger partial charge in [0.1, 0.15) is 0 Å². The zero-order valence-electron chi connectivity index (χ0n) is 9.14. The molecule has 0 saturated heterocycles. The number of amidine groups is 1. The highest BCUT2D eigenvalue weighted by Crippen LogP contribution is 2.10. The summed E-state index contributed by atoms with van der Waals surface area (Å²) in [6, 6.07) is 0.590. The van der Waals surface area contributed by atoms with Crippen LogP contribution in [-0.2, 0) is 0 Å². The van der Waals surface area contributed by atoms with Gasteiger partial charge in [-0.2, -0.15) is 0 Å². The molecule has 76 valence electrons. The molecule has 0 amide bonds. The lowest BCUT2D eigenvalue weighted by Crippen LogP contribution is -2.32. The van der Waals surface area contributed by atoms with Gasteiger partial charge in [-0.15, -0.1) is 0 Å². The molecule has 0 aliphatic carbocycles. The first-order valence-corrected chi connectivity index (χ1v) is 5.52. The van der Waals surface area contributed by atoms with Crippen LogP contribution in [0.25, 0.3) is 0 Å². The lowest BCUT2D eigenvalue weighted by molar-refractivity contribution is 0.447. The Labute approximate surface area is 81.8 Å². The van der Waals surface area contributed by atoms with Gasteiger partial charge in [0, 0.05) is 19.0 Å². The van der Waals surface area contributed by atoms with Crippen molar-refractivity contribution in [2.24, 2.45) is 10.9 Å². The van der Waals surface area contributed by atoms with Gasteiger partial charge in [-0.3, -0.25) is 4.99 Å². The van der Waals surface area contributed by atoms with E-state index in [1.165, 1.54) is 25.1 Å². The minimum Gasteiger partial charge on any atom is -0.371 e. The lowest BCUT2D eigenvalue weighted by Gasteiger charge is -2.18. The van der Waals surface area contributed by atoms with Crippen LogP contribution in [0.2, 0.25) is 0 Å². The zero-order valence-corrected chi connectivity index (χ0v) is 9.14. The van der Waals surface area contributed by atoms with Crippen molar-refractivity contribution >= 4 is 5.84 Å². The van der Waals surface area contributed by atoms with Crippen molar-refractivity contribution in [2.45, 2.75) is 52.5 Å². The van der Waals surface area contributed by atoms with E-state index in [-0.39, 0.29) is 0 Å². The average molecular weight is 182 g/mol. The van der Waals surface area contributed by atoms with Crippen LogP contribution >= 0.6 is 0 Å². The van der Waals surface area contributed by atoms with E-state index < -0.39 is 0 Å². The van der Waals surface area contributed by atoms with Crippen molar-refractivity contribution in [1.82, 2.24) is 5.32 Å². The highest BCUT2D eigenvalue weighted by Gasteiger charge is 2.11. The third-order valence-corrected chi connectivity index (χ3v) is 2.74. The van der Waals surface area contributed by atoms with Crippen molar-refractivity contribution in [1.29, 1.82) is 0 Å².